The zero-order valence-corrected chi connectivity index (χ0v) is 12.2. The van der Waals surface area contributed by atoms with Crippen LogP contribution in [0.4, 0.5) is 5.69 Å². The molecule has 1 heterocycles. The third-order valence-electron chi connectivity index (χ3n) is 2.65. The van der Waals surface area contributed by atoms with Gasteiger partial charge in [0.05, 0.1) is 10.3 Å². The molecule has 6 nitrogen and oxygen atoms in total. The summed E-state index contributed by atoms with van der Waals surface area (Å²) in [5.41, 5.74) is -0.227. The summed E-state index contributed by atoms with van der Waals surface area (Å²) in [5.74, 6) is -0.649. The topological polar surface area (TPSA) is 93.6 Å². The third-order valence-corrected chi connectivity index (χ3v) is 2.65. The normalized spacial score (nSPS) is 10.1. The van der Waals surface area contributed by atoms with E-state index in [-0.39, 0.29) is 42.0 Å². The number of nitro groups is 1. The Bertz CT molecular complexity index is 698. The zero-order valence-electron chi connectivity index (χ0n) is 11.2. The van der Waals surface area contributed by atoms with Gasteiger partial charge in [0, 0.05) is 0 Å². The monoisotopic (exact) mass is 259 g/mol. The quantitative estimate of drug-likeness (QED) is 0.311. The summed E-state index contributed by atoms with van der Waals surface area (Å²) in [6, 6.07) is 3.12. The van der Waals surface area contributed by atoms with Crippen molar-refractivity contribution >= 4 is 16.7 Å². The van der Waals surface area contributed by atoms with Gasteiger partial charge in [0.15, 0.2) is 0 Å². The van der Waals surface area contributed by atoms with E-state index < -0.39 is 22.0 Å². The summed E-state index contributed by atoms with van der Waals surface area (Å²) < 4.78 is 4.81. The minimum Gasteiger partial charge on any atom is -1.00 e. The summed E-state index contributed by atoms with van der Waals surface area (Å²) in [7, 11) is 0. The van der Waals surface area contributed by atoms with E-state index in [1.54, 1.807) is 19.1 Å². The predicted octanol–water partition coefficient (Wildman–Crippen LogP) is -0.860. The van der Waals surface area contributed by atoms with E-state index in [1.807, 2.05) is 6.92 Å². The maximum Gasteiger partial charge on any atom is 1.00 e. The van der Waals surface area contributed by atoms with Gasteiger partial charge in [0.1, 0.15) is 5.58 Å². The van der Waals surface area contributed by atoms with Crippen molar-refractivity contribution in [3.8, 4) is 5.75 Å². The number of aromatic hydroxyl groups is 1. The molecule has 0 aliphatic carbocycles. The average molecular weight is 259 g/mol. The SMILES string of the molecule is Cc1cc2oc(=O)c([N+](=O)[O-])c(O)c2cc1C.[H-].[Na+]. The largest absolute Gasteiger partial charge is 1.00 e. The summed E-state index contributed by atoms with van der Waals surface area (Å²) in [6.07, 6.45) is 0. The van der Waals surface area contributed by atoms with Crippen LogP contribution in [0.3, 0.4) is 0 Å². The number of hydrogen-bond acceptors (Lipinski definition) is 5. The number of fused-ring (bicyclic) bond motifs is 1. The smallest absolute Gasteiger partial charge is 1.00 e. The van der Waals surface area contributed by atoms with Crippen LogP contribution in [-0.4, -0.2) is 10.0 Å². The predicted molar refractivity (Wildman–Crippen MR) is 61.4 cm³/mol. The minimum absolute atomic E-state index is 0. The molecule has 0 aliphatic heterocycles. The summed E-state index contributed by atoms with van der Waals surface area (Å²) in [6.45, 7) is 3.61. The van der Waals surface area contributed by atoms with Crippen LogP contribution in [0.25, 0.3) is 11.0 Å². The Morgan fingerprint density at radius 1 is 1.33 bits per heavy atom. The van der Waals surface area contributed by atoms with Gasteiger partial charge in [-0.05, 0) is 37.1 Å². The molecule has 0 atom stereocenters. The molecular weight excluding hydrogens is 249 g/mol. The van der Waals surface area contributed by atoms with Crippen LogP contribution < -0.4 is 35.2 Å². The Hall–Kier alpha value is -1.37. The molecule has 0 fully saturated rings. The average Bonchev–Trinajstić information content (AvgIpc) is 2.21. The van der Waals surface area contributed by atoms with E-state index in [4.69, 9.17) is 4.42 Å². The first kappa shape index (κ1) is 14.7. The fraction of sp³-hybridized carbons (Fsp3) is 0.182. The first-order chi connectivity index (χ1) is 7.91. The molecule has 7 heteroatoms. The number of aryl methyl sites for hydroxylation is 2. The van der Waals surface area contributed by atoms with E-state index in [2.05, 4.69) is 0 Å². The summed E-state index contributed by atoms with van der Waals surface area (Å²) >= 11 is 0. The number of benzene rings is 1. The third kappa shape index (κ3) is 2.27. The molecule has 0 bridgehead atoms. The van der Waals surface area contributed by atoms with Crippen LogP contribution in [-0.2, 0) is 0 Å². The van der Waals surface area contributed by atoms with E-state index in [1.165, 1.54) is 0 Å². The summed E-state index contributed by atoms with van der Waals surface area (Å²) in [4.78, 5) is 21.0. The molecule has 18 heavy (non-hydrogen) atoms. The van der Waals surface area contributed by atoms with E-state index in [0.717, 1.165) is 11.1 Å². The van der Waals surface area contributed by atoms with Gasteiger partial charge >= 0.3 is 40.9 Å². The number of hydrogen-bond donors (Lipinski definition) is 1. The van der Waals surface area contributed by atoms with E-state index in [9.17, 15) is 20.0 Å². The van der Waals surface area contributed by atoms with Crippen molar-refractivity contribution in [2.45, 2.75) is 13.8 Å². The van der Waals surface area contributed by atoms with Gasteiger partial charge in [-0.3, -0.25) is 10.1 Å². The van der Waals surface area contributed by atoms with Gasteiger partial charge in [-0.1, -0.05) is 0 Å². The molecule has 2 aromatic rings. The second-order valence-electron chi connectivity index (χ2n) is 3.78. The summed E-state index contributed by atoms with van der Waals surface area (Å²) in [5, 5.41) is 20.5. The zero-order chi connectivity index (χ0) is 12.7. The molecule has 0 saturated heterocycles. The molecule has 0 spiro atoms. The van der Waals surface area contributed by atoms with Crippen molar-refractivity contribution in [2.75, 3.05) is 0 Å². The molecule has 0 amide bonds. The van der Waals surface area contributed by atoms with Crippen LogP contribution in [0.5, 0.6) is 5.75 Å². The molecule has 1 aromatic carbocycles. The Morgan fingerprint density at radius 3 is 2.44 bits per heavy atom. The molecule has 1 aromatic heterocycles. The maximum absolute atomic E-state index is 11.3. The van der Waals surface area contributed by atoms with Gasteiger partial charge < -0.3 is 11.0 Å². The molecule has 0 aliphatic rings. The van der Waals surface area contributed by atoms with Crippen molar-refractivity contribution in [3.05, 3.63) is 43.8 Å². The second-order valence-corrected chi connectivity index (χ2v) is 3.78. The van der Waals surface area contributed by atoms with Gasteiger partial charge in [0.2, 0.25) is 5.75 Å². The Kier molecular flexibility index (Phi) is 4.16. The van der Waals surface area contributed by atoms with Crippen molar-refractivity contribution in [3.63, 3.8) is 0 Å². The molecule has 2 rings (SSSR count). The van der Waals surface area contributed by atoms with E-state index in [0.29, 0.717) is 0 Å². The van der Waals surface area contributed by atoms with Gasteiger partial charge in [0.25, 0.3) is 0 Å². The van der Waals surface area contributed by atoms with Crippen molar-refractivity contribution < 1.29 is 45.4 Å². The van der Waals surface area contributed by atoms with E-state index >= 15 is 0 Å². The Labute approximate surface area is 125 Å². The van der Waals surface area contributed by atoms with Gasteiger partial charge in [-0.25, -0.2) is 4.79 Å². The number of nitrogens with zero attached hydrogens (tertiary/aromatic N) is 1. The molecule has 1 N–H and O–H groups in total. The molecule has 0 radical (unpaired) electrons. The van der Waals surface area contributed by atoms with Gasteiger partial charge in [-0.15, -0.1) is 0 Å². The van der Waals surface area contributed by atoms with Crippen molar-refractivity contribution in [2.24, 2.45) is 0 Å². The van der Waals surface area contributed by atoms with Crippen LogP contribution in [0.15, 0.2) is 21.3 Å². The molecule has 90 valence electrons. The van der Waals surface area contributed by atoms with Crippen LogP contribution in [0.1, 0.15) is 12.6 Å². The first-order valence-corrected chi connectivity index (χ1v) is 4.83. The fourth-order valence-electron chi connectivity index (χ4n) is 1.59. The van der Waals surface area contributed by atoms with Gasteiger partial charge in [-0.2, -0.15) is 0 Å². The van der Waals surface area contributed by atoms with Crippen LogP contribution >= 0.6 is 0 Å². The van der Waals surface area contributed by atoms with Crippen LogP contribution in [0.2, 0.25) is 0 Å². The maximum atomic E-state index is 11.3. The number of rotatable bonds is 1. The molecule has 0 unspecified atom stereocenters. The van der Waals surface area contributed by atoms with Crippen LogP contribution in [0, 0.1) is 24.0 Å². The molecular formula is C11H10NNaO5. The standard InChI is InChI=1S/C11H9NO5.Na.H/c1-5-3-7-8(4-6(5)2)17-11(14)9(10(7)13)12(15)16;;/h3-4,13H,1-2H3;;/q;+1;-1. The van der Waals surface area contributed by atoms with Crippen molar-refractivity contribution in [1.82, 2.24) is 0 Å². The fourth-order valence-corrected chi connectivity index (χ4v) is 1.59. The molecule has 0 saturated carbocycles. The first-order valence-electron chi connectivity index (χ1n) is 4.83. The van der Waals surface area contributed by atoms with Crippen molar-refractivity contribution in [1.29, 1.82) is 0 Å². The Balaban J connectivity index is 0.00000162. The Morgan fingerprint density at radius 2 is 1.89 bits per heavy atom. The minimum atomic E-state index is -1.15. The second kappa shape index (κ2) is 5.09.